The molecular weight excluding hydrogens is 358 g/mol. The maximum absolute atomic E-state index is 12.2. The molecule has 0 aliphatic heterocycles. The number of aryl methyl sites for hydroxylation is 1. The van der Waals surface area contributed by atoms with E-state index in [2.05, 4.69) is 5.32 Å². The average molecular weight is 385 g/mol. The third-order valence-corrected chi connectivity index (χ3v) is 4.12. The molecule has 0 unspecified atom stereocenters. The van der Waals surface area contributed by atoms with Crippen molar-refractivity contribution in [3.05, 3.63) is 53.6 Å². The smallest absolute Gasteiger partial charge is 0.244 e. The molecule has 1 amide bonds. The van der Waals surface area contributed by atoms with E-state index in [1.54, 1.807) is 32.4 Å². The van der Waals surface area contributed by atoms with E-state index in [1.165, 1.54) is 13.2 Å². The first-order valence-corrected chi connectivity index (χ1v) is 8.96. The van der Waals surface area contributed by atoms with Crippen molar-refractivity contribution in [2.24, 2.45) is 0 Å². The van der Waals surface area contributed by atoms with Crippen LogP contribution in [0, 0.1) is 6.92 Å². The first kappa shape index (κ1) is 21.2. The van der Waals surface area contributed by atoms with Crippen LogP contribution in [0.4, 0.5) is 0 Å². The fraction of sp³-hybridized carbons (Fsp3) is 0.318. The number of carbonyl (C=O) groups excluding carboxylic acids is 1. The number of benzene rings is 2. The first-order chi connectivity index (χ1) is 13.5. The van der Waals surface area contributed by atoms with Crippen LogP contribution in [-0.4, -0.2) is 39.9 Å². The molecule has 6 nitrogen and oxygen atoms in total. The molecule has 2 rings (SSSR count). The molecule has 0 fully saturated rings. The highest BCUT2D eigenvalue weighted by molar-refractivity contribution is 5.92. The summed E-state index contributed by atoms with van der Waals surface area (Å²) >= 11 is 0. The van der Waals surface area contributed by atoms with Gasteiger partial charge in [-0.3, -0.25) is 4.79 Å². The van der Waals surface area contributed by atoms with Crippen LogP contribution in [-0.2, 0) is 4.79 Å². The molecular formula is C22H27NO5. The minimum atomic E-state index is -0.224. The largest absolute Gasteiger partial charge is 0.493 e. The average Bonchev–Trinajstić information content (AvgIpc) is 2.70. The Morgan fingerprint density at radius 1 is 1.00 bits per heavy atom. The predicted octanol–water partition coefficient (Wildman–Crippen LogP) is 3.62. The van der Waals surface area contributed by atoms with Crippen LogP contribution in [0.25, 0.3) is 6.08 Å². The highest BCUT2D eigenvalue weighted by atomic mass is 16.5. The number of hydrogen-bond donors (Lipinski definition) is 1. The Bertz CT molecular complexity index is 832. The number of methoxy groups -OCH3 is 3. The van der Waals surface area contributed by atoms with E-state index in [4.69, 9.17) is 18.9 Å². The van der Waals surface area contributed by atoms with Crippen LogP contribution in [0.5, 0.6) is 23.0 Å². The zero-order valence-corrected chi connectivity index (χ0v) is 16.9. The summed E-state index contributed by atoms with van der Waals surface area (Å²) < 4.78 is 21.8. The second-order valence-corrected chi connectivity index (χ2v) is 6.24. The van der Waals surface area contributed by atoms with Gasteiger partial charge in [-0.2, -0.15) is 0 Å². The van der Waals surface area contributed by atoms with E-state index in [-0.39, 0.29) is 11.9 Å². The van der Waals surface area contributed by atoms with Crippen LogP contribution in [0.15, 0.2) is 42.5 Å². The maximum Gasteiger partial charge on any atom is 0.244 e. The lowest BCUT2D eigenvalue weighted by Gasteiger charge is -2.15. The number of rotatable bonds is 9. The molecule has 0 spiro atoms. The van der Waals surface area contributed by atoms with Gasteiger partial charge < -0.3 is 24.3 Å². The molecule has 2 aromatic rings. The third-order valence-electron chi connectivity index (χ3n) is 4.12. The summed E-state index contributed by atoms with van der Waals surface area (Å²) in [6.07, 6.45) is 3.12. The van der Waals surface area contributed by atoms with Gasteiger partial charge in [0.2, 0.25) is 11.7 Å². The molecule has 0 heterocycles. The van der Waals surface area contributed by atoms with Crippen LogP contribution in [0.3, 0.4) is 0 Å². The molecule has 0 bridgehead atoms. The monoisotopic (exact) mass is 385 g/mol. The van der Waals surface area contributed by atoms with Gasteiger partial charge in [-0.05, 0) is 43.7 Å². The Kier molecular flexibility index (Phi) is 7.75. The molecule has 1 atom stereocenters. The minimum Gasteiger partial charge on any atom is -0.493 e. The first-order valence-electron chi connectivity index (χ1n) is 8.96. The summed E-state index contributed by atoms with van der Waals surface area (Å²) in [6, 6.07) is 11.2. The Morgan fingerprint density at radius 3 is 2.36 bits per heavy atom. The molecule has 28 heavy (non-hydrogen) atoms. The van der Waals surface area contributed by atoms with Crippen LogP contribution < -0.4 is 24.3 Å². The van der Waals surface area contributed by atoms with Gasteiger partial charge in [0.15, 0.2) is 11.5 Å². The SMILES string of the molecule is COc1ccc(/C=C/C(=O)N[C@H](C)COc2ccccc2C)c(OC)c1OC. The molecule has 0 aliphatic carbocycles. The van der Waals surface area contributed by atoms with Gasteiger partial charge in [-0.15, -0.1) is 0 Å². The summed E-state index contributed by atoms with van der Waals surface area (Å²) in [7, 11) is 4.64. The summed E-state index contributed by atoms with van der Waals surface area (Å²) in [5, 5.41) is 2.88. The number of amides is 1. The van der Waals surface area contributed by atoms with Gasteiger partial charge in [0.25, 0.3) is 0 Å². The van der Waals surface area contributed by atoms with Crippen molar-refractivity contribution in [3.8, 4) is 23.0 Å². The molecule has 0 saturated carbocycles. The standard InChI is InChI=1S/C22H27NO5/c1-15-8-6-7-9-18(15)28-14-16(2)23-20(24)13-11-17-10-12-19(25-3)22(27-5)21(17)26-4/h6-13,16H,14H2,1-5H3,(H,23,24)/b13-11+/t16-/m1/s1. The van der Waals surface area contributed by atoms with E-state index in [0.717, 1.165) is 11.3 Å². The zero-order valence-electron chi connectivity index (χ0n) is 16.9. The third kappa shape index (κ3) is 5.42. The lowest BCUT2D eigenvalue weighted by atomic mass is 10.1. The zero-order chi connectivity index (χ0) is 20.5. The van der Waals surface area contributed by atoms with Crippen molar-refractivity contribution in [1.29, 1.82) is 0 Å². The van der Waals surface area contributed by atoms with Gasteiger partial charge in [0.1, 0.15) is 12.4 Å². The van der Waals surface area contributed by atoms with Crippen LogP contribution >= 0.6 is 0 Å². The van der Waals surface area contributed by atoms with Crippen molar-refractivity contribution in [3.63, 3.8) is 0 Å². The van der Waals surface area contributed by atoms with E-state index in [9.17, 15) is 4.79 Å². The van der Waals surface area contributed by atoms with Gasteiger partial charge >= 0.3 is 0 Å². The fourth-order valence-electron chi connectivity index (χ4n) is 2.69. The number of carbonyl (C=O) groups is 1. The number of nitrogens with one attached hydrogen (secondary N) is 1. The van der Waals surface area contributed by atoms with E-state index >= 15 is 0 Å². The van der Waals surface area contributed by atoms with Gasteiger partial charge in [0.05, 0.1) is 27.4 Å². The molecule has 0 aliphatic rings. The number of para-hydroxylation sites is 1. The second kappa shape index (κ2) is 10.3. The minimum absolute atomic E-state index is 0.149. The van der Waals surface area contributed by atoms with E-state index in [0.29, 0.717) is 29.4 Å². The van der Waals surface area contributed by atoms with Crippen molar-refractivity contribution in [2.45, 2.75) is 19.9 Å². The Hall–Kier alpha value is -3.15. The molecule has 150 valence electrons. The summed E-state index contributed by atoms with van der Waals surface area (Å²) in [5.74, 6) is 2.13. The van der Waals surface area contributed by atoms with Crippen molar-refractivity contribution >= 4 is 12.0 Å². The lowest BCUT2D eigenvalue weighted by Crippen LogP contribution is -2.35. The van der Waals surface area contributed by atoms with Crippen LogP contribution in [0.1, 0.15) is 18.1 Å². The normalized spacial score (nSPS) is 11.8. The second-order valence-electron chi connectivity index (χ2n) is 6.24. The highest BCUT2D eigenvalue weighted by Crippen LogP contribution is 2.40. The molecule has 1 N–H and O–H groups in total. The number of ether oxygens (including phenoxy) is 4. The topological polar surface area (TPSA) is 66.0 Å². The Morgan fingerprint density at radius 2 is 1.71 bits per heavy atom. The Labute approximate surface area is 166 Å². The summed E-state index contributed by atoms with van der Waals surface area (Å²) in [4.78, 5) is 12.2. The van der Waals surface area contributed by atoms with Gasteiger partial charge in [0, 0.05) is 11.6 Å². The van der Waals surface area contributed by atoms with Crippen LogP contribution in [0.2, 0.25) is 0 Å². The highest BCUT2D eigenvalue weighted by Gasteiger charge is 2.14. The molecule has 6 heteroatoms. The molecule has 0 saturated heterocycles. The van der Waals surface area contributed by atoms with Gasteiger partial charge in [-0.1, -0.05) is 18.2 Å². The fourth-order valence-corrected chi connectivity index (χ4v) is 2.69. The maximum atomic E-state index is 12.2. The lowest BCUT2D eigenvalue weighted by molar-refractivity contribution is -0.117. The molecule has 0 radical (unpaired) electrons. The van der Waals surface area contributed by atoms with Gasteiger partial charge in [-0.25, -0.2) is 0 Å². The van der Waals surface area contributed by atoms with Crippen molar-refractivity contribution in [2.75, 3.05) is 27.9 Å². The van der Waals surface area contributed by atoms with E-state index < -0.39 is 0 Å². The summed E-state index contributed by atoms with van der Waals surface area (Å²) in [5.41, 5.74) is 1.76. The molecule has 2 aromatic carbocycles. The quantitative estimate of drug-likeness (QED) is 0.668. The Balaban J connectivity index is 1.98. The number of hydrogen-bond acceptors (Lipinski definition) is 5. The predicted molar refractivity (Wildman–Crippen MR) is 109 cm³/mol. The molecule has 0 aromatic heterocycles. The summed E-state index contributed by atoms with van der Waals surface area (Å²) in [6.45, 7) is 4.25. The van der Waals surface area contributed by atoms with E-state index in [1.807, 2.05) is 38.1 Å². The van der Waals surface area contributed by atoms with Crippen molar-refractivity contribution in [1.82, 2.24) is 5.32 Å². The van der Waals surface area contributed by atoms with Crippen molar-refractivity contribution < 1.29 is 23.7 Å².